The molecule has 4 atom stereocenters. The van der Waals surface area contributed by atoms with E-state index in [1.165, 1.54) is 28.7 Å². The maximum atomic E-state index is 11.0. The third-order valence-electron chi connectivity index (χ3n) is 6.04. The van der Waals surface area contributed by atoms with Crippen molar-refractivity contribution in [3.8, 4) is 0 Å². The average Bonchev–Trinajstić information content (AvgIpc) is 2.57. The molecule has 2 aromatic carbocycles. The van der Waals surface area contributed by atoms with Gasteiger partial charge in [0.05, 0.1) is 6.10 Å². The van der Waals surface area contributed by atoms with Crippen LogP contribution in [-0.4, -0.2) is 11.2 Å². The number of hydrogen-bond acceptors (Lipinski definition) is 2. The van der Waals surface area contributed by atoms with E-state index in [4.69, 9.17) is 0 Å². The van der Waals surface area contributed by atoms with E-state index in [1.54, 1.807) is 0 Å². The van der Waals surface area contributed by atoms with Crippen LogP contribution in [0, 0.1) is 25.7 Å². The van der Waals surface area contributed by atoms with Crippen LogP contribution >= 0.6 is 0 Å². The number of rotatable bonds is 2. The molecule has 0 spiro atoms. The molecular formula is C22H27NO. The molecule has 2 aromatic rings. The van der Waals surface area contributed by atoms with Crippen molar-refractivity contribution < 1.29 is 5.11 Å². The van der Waals surface area contributed by atoms with Gasteiger partial charge in [-0.05, 0) is 37.8 Å². The van der Waals surface area contributed by atoms with E-state index < -0.39 is 0 Å². The molecule has 2 bridgehead atoms. The second kappa shape index (κ2) is 6.34. The summed E-state index contributed by atoms with van der Waals surface area (Å²) in [4.78, 5) is 0. The van der Waals surface area contributed by atoms with Gasteiger partial charge in [-0.15, -0.1) is 0 Å². The Morgan fingerprint density at radius 2 is 1.17 bits per heavy atom. The maximum Gasteiger partial charge on any atom is 0.0632 e. The van der Waals surface area contributed by atoms with Crippen molar-refractivity contribution >= 4 is 0 Å². The summed E-state index contributed by atoms with van der Waals surface area (Å²) in [5.74, 6) is 0.654. The molecule has 2 nitrogen and oxygen atoms in total. The lowest BCUT2D eigenvalue weighted by atomic mass is 9.66. The van der Waals surface area contributed by atoms with E-state index >= 15 is 0 Å². The Morgan fingerprint density at radius 3 is 1.58 bits per heavy atom. The number of nitrogens with one attached hydrogen (secondary N) is 1. The van der Waals surface area contributed by atoms with E-state index in [0.29, 0.717) is 11.8 Å². The van der Waals surface area contributed by atoms with Crippen LogP contribution in [0.5, 0.6) is 0 Å². The van der Waals surface area contributed by atoms with Crippen molar-refractivity contribution in [1.82, 2.24) is 5.32 Å². The summed E-state index contributed by atoms with van der Waals surface area (Å²) in [6, 6.07) is 18.1. The molecule has 0 amide bonds. The zero-order valence-electron chi connectivity index (χ0n) is 14.6. The number of hydrogen-bond donors (Lipinski definition) is 2. The predicted molar refractivity (Wildman–Crippen MR) is 97.8 cm³/mol. The molecule has 24 heavy (non-hydrogen) atoms. The van der Waals surface area contributed by atoms with Gasteiger partial charge in [-0.3, -0.25) is 0 Å². The monoisotopic (exact) mass is 321 g/mol. The smallest absolute Gasteiger partial charge is 0.0632 e. The quantitative estimate of drug-likeness (QED) is 0.855. The van der Waals surface area contributed by atoms with E-state index in [1.807, 2.05) is 0 Å². The lowest BCUT2D eigenvalue weighted by molar-refractivity contribution is -0.0517. The molecule has 126 valence electrons. The Labute approximate surface area is 144 Å². The minimum absolute atomic E-state index is 0.211. The Hall–Kier alpha value is -1.64. The lowest BCUT2D eigenvalue weighted by Gasteiger charge is -2.50. The normalized spacial score (nSPS) is 32.5. The van der Waals surface area contributed by atoms with Gasteiger partial charge in [0.25, 0.3) is 0 Å². The molecule has 1 saturated heterocycles. The first-order valence-corrected chi connectivity index (χ1v) is 9.21. The first kappa shape index (κ1) is 15.9. The molecule has 0 aromatic heterocycles. The molecular weight excluding hydrogens is 294 g/mol. The molecule has 1 aliphatic heterocycles. The van der Waals surface area contributed by atoms with Gasteiger partial charge in [0.2, 0.25) is 0 Å². The van der Waals surface area contributed by atoms with Crippen LogP contribution in [0.4, 0.5) is 0 Å². The van der Waals surface area contributed by atoms with Gasteiger partial charge < -0.3 is 10.4 Å². The minimum Gasteiger partial charge on any atom is -0.392 e. The van der Waals surface area contributed by atoms with E-state index in [0.717, 1.165) is 12.8 Å². The van der Waals surface area contributed by atoms with Crippen molar-refractivity contribution in [2.24, 2.45) is 11.8 Å². The Morgan fingerprint density at radius 1 is 0.750 bits per heavy atom. The summed E-state index contributed by atoms with van der Waals surface area (Å²) in [5, 5.41) is 14.9. The van der Waals surface area contributed by atoms with E-state index in [2.05, 4.69) is 67.7 Å². The van der Waals surface area contributed by atoms with Crippen LogP contribution in [0.25, 0.3) is 0 Å². The van der Waals surface area contributed by atoms with Crippen molar-refractivity contribution in [3.63, 3.8) is 0 Å². The Kier molecular flexibility index (Phi) is 4.19. The molecule has 0 radical (unpaired) electrons. The lowest BCUT2D eigenvalue weighted by Crippen LogP contribution is -2.52. The fraction of sp³-hybridized carbons (Fsp3) is 0.455. The Balaban J connectivity index is 1.70. The predicted octanol–water partition coefficient (Wildman–Crippen LogP) is 4.47. The second-order valence-electron chi connectivity index (χ2n) is 7.69. The largest absolute Gasteiger partial charge is 0.392 e. The summed E-state index contributed by atoms with van der Waals surface area (Å²) < 4.78 is 0. The molecule has 2 aliphatic rings. The Bertz CT molecular complexity index is 631. The van der Waals surface area contributed by atoms with Crippen molar-refractivity contribution in [2.75, 3.05) is 0 Å². The molecule has 2 heteroatoms. The summed E-state index contributed by atoms with van der Waals surface area (Å²) >= 11 is 0. The highest BCUT2D eigenvalue weighted by molar-refractivity contribution is 5.30. The first-order chi connectivity index (χ1) is 11.6. The standard InChI is InChI=1S/C22H27NO/c1-14-6-10-16(11-7-14)20-18-4-3-5-19(22(18)24)21(23-20)17-12-8-15(2)9-13-17/h6-13,18-24H,3-5H2,1-2H3. The van der Waals surface area contributed by atoms with Crippen LogP contribution in [0.2, 0.25) is 0 Å². The fourth-order valence-corrected chi connectivity index (χ4v) is 4.65. The number of benzene rings is 2. The summed E-state index contributed by atoms with van der Waals surface area (Å²) in [6.45, 7) is 4.25. The van der Waals surface area contributed by atoms with Gasteiger partial charge in [0, 0.05) is 23.9 Å². The molecule has 4 rings (SSSR count). The zero-order valence-corrected chi connectivity index (χ0v) is 14.6. The zero-order chi connectivity index (χ0) is 16.7. The third-order valence-corrected chi connectivity index (χ3v) is 6.04. The summed E-state index contributed by atoms with van der Waals surface area (Å²) in [5.41, 5.74) is 5.18. The third kappa shape index (κ3) is 2.78. The molecule has 2 fully saturated rings. The second-order valence-corrected chi connectivity index (χ2v) is 7.69. The van der Waals surface area contributed by atoms with Gasteiger partial charge in [-0.1, -0.05) is 66.1 Å². The highest BCUT2D eigenvalue weighted by Gasteiger charge is 2.46. The van der Waals surface area contributed by atoms with Crippen LogP contribution in [0.15, 0.2) is 48.5 Å². The summed E-state index contributed by atoms with van der Waals surface area (Å²) in [6.07, 6.45) is 3.24. The van der Waals surface area contributed by atoms with Crippen molar-refractivity contribution in [2.45, 2.75) is 51.3 Å². The number of piperidine rings is 1. The minimum atomic E-state index is -0.211. The highest BCUT2D eigenvalue weighted by atomic mass is 16.3. The number of fused-ring (bicyclic) bond motifs is 2. The van der Waals surface area contributed by atoms with Crippen molar-refractivity contribution in [3.05, 3.63) is 70.8 Å². The molecule has 2 N–H and O–H groups in total. The van der Waals surface area contributed by atoms with Gasteiger partial charge in [-0.25, -0.2) is 0 Å². The van der Waals surface area contributed by atoms with Crippen LogP contribution < -0.4 is 5.32 Å². The number of aliphatic hydroxyl groups is 1. The van der Waals surface area contributed by atoms with Gasteiger partial charge >= 0.3 is 0 Å². The molecule has 1 aliphatic carbocycles. The molecule has 4 unspecified atom stereocenters. The van der Waals surface area contributed by atoms with E-state index in [-0.39, 0.29) is 18.2 Å². The SMILES string of the molecule is Cc1ccc(C2NC(c3ccc(C)cc3)C3CCCC2C3O)cc1. The topological polar surface area (TPSA) is 32.3 Å². The number of aryl methyl sites for hydroxylation is 2. The first-order valence-electron chi connectivity index (χ1n) is 9.21. The highest BCUT2D eigenvalue weighted by Crippen LogP contribution is 2.48. The van der Waals surface area contributed by atoms with E-state index in [9.17, 15) is 5.11 Å². The van der Waals surface area contributed by atoms with Gasteiger partial charge in [0.1, 0.15) is 0 Å². The molecule has 1 heterocycles. The van der Waals surface area contributed by atoms with Gasteiger partial charge in [0.15, 0.2) is 0 Å². The average molecular weight is 321 g/mol. The van der Waals surface area contributed by atoms with Gasteiger partial charge in [-0.2, -0.15) is 0 Å². The maximum absolute atomic E-state index is 11.0. The number of aliphatic hydroxyl groups excluding tert-OH is 1. The van der Waals surface area contributed by atoms with Crippen LogP contribution in [0.1, 0.15) is 53.6 Å². The van der Waals surface area contributed by atoms with Crippen LogP contribution in [-0.2, 0) is 0 Å². The van der Waals surface area contributed by atoms with Crippen LogP contribution in [0.3, 0.4) is 0 Å². The molecule has 1 saturated carbocycles. The fourth-order valence-electron chi connectivity index (χ4n) is 4.65. The van der Waals surface area contributed by atoms with Crippen molar-refractivity contribution in [1.29, 1.82) is 0 Å². The summed E-state index contributed by atoms with van der Waals surface area (Å²) in [7, 11) is 0.